The van der Waals surface area contributed by atoms with E-state index in [0.29, 0.717) is 10.2 Å². The monoisotopic (exact) mass is 339 g/mol. The lowest BCUT2D eigenvalue weighted by atomic mass is 9.85. The van der Waals surface area contributed by atoms with Crippen LogP contribution in [0.4, 0.5) is 0 Å². The molecule has 1 saturated carbocycles. The van der Waals surface area contributed by atoms with Crippen LogP contribution in [0.3, 0.4) is 0 Å². The van der Waals surface area contributed by atoms with Gasteiger partial charge in [-0.05, 0) is 25.3 Å². The molecule has 4 rings (SSSR count). The Morgan fingerprint density at radius 1 is 1.29 bits per heavy atom. The summed E-state index contributed by atoms with van der Waals surface area (Å²) >= 11 is 1.50. The Labute approximate surface area is 142 Å². The first-order valence-electron chi connectivity index (χ1n) is 8.02. The summed E-state index contributed by atoms with van der Waals surface area (Å²) in [5.41, 5.74) is 4.37. The molecule has 122 valence electrons. The van der Waals surface area contributed by atoms with Crippen LogP contribution in [0, 0.1) is 12.8 Å². The summed E-state index contributed by atoms with van der Waals surface area (Å²) in [6, 6.07) is 9.82. The van der Waals surface area contributed by atoms with Gasteiger partial charge in [0.05, 0.1) is 5.39 Å². The minimum Gasteiger partial charge on any atom is -0.273 e. The fraction of sp³-hybridized carbons (Fsp3) is 0.278. The molecule has 2 aromatic heterocycles. The quantitative estimate of drug-likeness (QED) is 0.796. The Balaban J connectivity index is 1.83. The molecule has 0 unspecified atom stereocenters. The lowest BCUT2D eigenvalue weighted by Crippen LogP contribution is -2.38. The highest BCUT2D eigenvalue weighted by molar-refractivity contribution is 7.19. The molecule has 0 bridgehead atoms. The van der Waals surface area contributed by atoms with E-state index in [9.17, 15) is 9.59 Å². The number of rotatable bonds is 3. The maximum absolute atomic E-state index is 12.9. The first-order chi connectivity index (χ1) is 11.6. The van der Waals surface area contributed by atoms with Gasteiger partial charge in [0.25, 0.3) is 5.56 Å². The molecule has 2 heterocycles. The van der Waals surface area contributed by atoms with E-state index in [2.05, 4.69) is 10.4 Å². The van der Waals surface area contributed by atoms with Crippen LogP contribution in [-0.4, -0.2) is 15.6 Å². The van der Waals surface area contributed by atoms with Gasteiger partial charge in [-0.25, -0.2) is 9.66 Å². The van der Waals surface area contributed by atoms with Gasteiger partial charge in [0, 0.05) is 16.4 Å². The van der Waals surface area contributed by atoms with Gasteiger partial charge in [-0.15, -0.1) is 11.3 Å². The number of aryl methyl sites for hydroxylation is 1. The summed E-state index contributed by atoms with van der Waals surface area (Å²) in [5.74, 6) is -0.0804. The summed E-state index contributed by atoms with van der Waals surface area (Å²) in [6.07, 6.45) is 4.27. The SMILES string of the molecule is Cc1sc2ncn(NC(=O)C3CCC3)c(=O)c2c1-c1ccccc1. The van der Waals surface area contributed by atoms with Crippen molar-refractivity contribution in [1.29, 1.82) is 0 Å². The number of thiophene rings is 1. The van der Waals surface area contributed by atoms with Gasteiger partial charge in [-0.1, -0.05) is 36.8 Å². The van der Waals surface area contributed by atoms with E-state index < -0.39 is 0 Å². The molecule has 5 nitrogen and oxygen atoms in total. The van der Waals surface area contributed by atoms with E-state index in [1.54, 1.807) is 0 Å². The topological polar surface area (TPSA) is 64.0 Å². The van der Waals surface area contributed by atoms with E-state index in [1.807, 2.05) is 37.3 Å². The van der Waals surface area contributed by atoms with E-state index in [1.165, 1.54) is 22.3 Å². The van der Waals surface area contributed by atoms with Crippen molar-refractivity contribution in [3.05, 3.63) is 51.9 Å². The van der Waals surface area contributed by atoms with Crippen molar-refractivity contribution in [1.82, 2.24) is 9.66 Å². The molecule has 24 heavy (non-hydrogen) atoms. The standard InChI is InChI=1S/C18H17N3O2S/c1-11-14(12-6-3-2-4-7-12)15-17(24-11)19-10-21(18(15)23)20-16(22)13-8-5-9-13/h2-4,6-7,10,13H,5,8-9H2,1H3,(H,20,22). The molecule has 1 aliphatic carbocycles. The molecule has 0 radical (unpaired) electrons. The Morgan fingerprint density at radius 3 is 2.71 bits per heavy atom. The fourth-order valence-electron chi connectivity index (χ4n) is 3.01. The van der Waals surface area contributed by atoms with E-state index in [-0.39, 0.29) is 17.4 Å². The lowest BCUT2D eigenvalue weighted by molar-refractivity contribution is -0.123. The van der Waals surface area contributed by atoms with Crippen LogP contribution in [0.1, 0.15) is 24.1 Å². The van der Waals surface area contributed by atoms with E-state index in [4.69, 9.17) is 0 Å². The van der Waals surface area contributed by atoms with Crippen LogP contribution < -0.4 is 11.0 Å². The fourth-order valence-corrected chi connectivity index (χ4v) is 4.02. The van der Waals surface area contributed by atoms with Crippen molar-refractivity contribution in [2.45, 2.75) is 26.2 Å². The molecular weight excluding hydrogens is 322 g/mol. The smallest absolute Gasteiger partial charge is 0.273 e. The van der Waals surface area contributed by atoms with Gasteiger partial charge in [0.1, 0.15) is 11.2 Å². The van der Waals surface area contributed by atoms with Crippen LogP contribution in [0.5, 0.6) is 0 Å². The number of hydrogen-bond donors (Lipinski definition) is 1. The second kappa shape index (κ2) is 5.87. The lowest BCUT2D eigenvalue weighted by Gasteiger charge is -2.24. The zero-order valence-corrected chi connectivity index (χ0v) is 14.1. The number of nitrogens with one attached hydrogen (secondary N) is 1. The normalized spacial score (nSPS) is 14.5. The molecular formula is C18H17N3O2S. The summed E-state index contributed by atoms with van der Waals surface area (Å²) in [4.78, 5) is 31.2. The van der Waals surface area contributed by atoms with Gasteiger partial charge in [0.15, 0.2) is 0 Å². The number of amides is 1. The Morgan fingerprint density at radius 2 is 2.04 bits per heavy atom. The molecule has 1 fully saturated rings. The van der Waals surface area contributed by atoms with Crippen molar-refractivity contribution in [3.8, 4) is 11.1 Å². The van der Waals surface area contributed by atoms with Crippen molar-refractivity contribution in [3.63, 3.8) is 0 Å². The first-order valence-corrected chi connectivity index (χ1v) is 8.84. The predicted octanol–water partition coefficient (Wildman–Crippen LogP) is 3.30. The first kappa shape index (κ1) is 15.1. The zero-order valence-electron chi connectivity index (χ0n) is 13.3. The third-order valence-electron chi connectivity index (χ3n) is 4.56. The molecule has 0 aliphatic heterocycles. The van der Waals surface area contributed by atoms with Crippen molar-refractivity contribution < 1.29 is 4.79 Å². The average molecular weight is 339 g/mol. The molecule has 3 aromatic rings. The summed E-state index contributed by atoms with van der Waals surface area (Å²) in [6.45, 7) is 1.99. The number of hydrogen-bond acceptors (Lipinski definition) is 4. The molecule has 0 atom stereocenters. The van der Waals surface area contributed by atoms with Crippen molar-refractivity contribution in [2.24, 2.45) is 5.92 Å². The van der Waals surface area contributed by atoms with Crippen LogP contribution in [-0.2, 0) is 4.79 Å². The molecule has 6 heteroatoms. The second-order valence-corrected chi connectivity index (χ2v) is 7.31. The number of aromatic nitrogens is 2. The van der Waals surface area contributed by atoms with Crippen LogP contribution in [0.2, 0.25) is 0 Å². The van der Waals surface area contributed by atoms with Crippen LogP contribution in [0.15, 0.2) is 41.5 Å². The van der Waals surface area contributed by atoms with Crippen LogP contribution in [0.25, 0.3) is 21.3 Å². The highest BCUT2D eigenvalue weighted by Crippen LogP contribution is 2.35. The van der Waals surface area contributed by atoms with Crippen molar-refractivity contribution >= 4 is 27.5 Å². The molecule has 1 N–H and O–H groups in total. The van der Waals surface area contributed by atoms with Crippen molar-refractivity contribution in [2.75, 3.05) is 5.43 Å². The Bertz CT molecular complexity index is 971. The Kier molecular flexibility index (Phi) is 3.69. The van der Waals surface area contributed by atoms with Gasteiger partial charge in [0.2, 0.25) is 5.91 Å². The Hall–Kier alpha value is -2.47. The number of carbonyl (C=O) groups is 1. The summed E-state index contributed by atoms with van der Waals surface area (Å²) in [7, 11) is 0. The maximum atomic E-state index is 12.9. The third-order valence-corrected chi connectivity index (χ3v) is 5.57. The second-order valence-electron chi connectivity index (χ2n) is 6.10. The van der Waals surface area contributed by atoms with Crippen LogP contribution >= 0.6 is 11.3 Å². The van der Waals surface area contributed by atoms with Gasteiger partial charge >= 0.3 is 0 Å². The predicted molar refractivity (Wildman–Crippen MR) is 95.8 cm³/mol. The molecule has 1 amide bonds. The number of benzene rings is 1. The zero-order chi connectivity index (χ0) is 16.7. The van der Waals surface area contributed by atoms with E-state index in [0.717, 1.165) is 35.3 Å². The number of fused-ring (bicyclic) bond motifs is 1. The average Bonchev–Trinajstić information content (AvgIpc) is 2.86. The molecule has 1 aromatic carbocycles. The minimum absolute atomic E-state index is 0.0189. The highest BCUT2D eigenvalue weighted by atomic mass is 32.1. The molecule has 1 aliphatic rings. The van der Waals surface area contributed by atoms with Gasteiger partial charge in [-0.3, -0.25) is 15.0 Å². The maximum Gasteiger partial charge on any atom is 0.281 e. The number of nitrogens with zero attached hydrogens (tertiary/aromatic N) is 2. The molecule has 0 spiro atoms. The van der Waals surface area contributed by atoms with Gasteiger partial charge in [-0.2, -0.15) is 0 Å². The van der Waals surface area contributed by atoms with Gasteiger partial charge < -0.3 is 0 Å². The summed E-state index contributed by atoms with van der Waals surface area (Å²) < 4.78 is 1.22. The van der Waals surface area contributed by atoms with E-state index >= 15 is 0 Å². The highest BCUT2D eigenvalue weighted by Gasteiger charge is 2.26. The largest absolute Gasteiger partial charge is 0.281 e. The minimum atomic E-state index is -0.226. The third kappa shape index (κ3) is 2.43. The number of carbonyl (C=O) groups excluding carboxylic acids is 1. The summed E-state index contributed by atoms with van der Waals surface area (Å²) in [5, 5.41) is 0.570. The molecule has 0 saturated heterocycles.